The lowest BCUT2D eigenvalue weighted by atomic mass is 10.2. The van der Waals surface area contributed by atoms with Gasteiger partial charge in [0.25, 0.3) is 0 Å². The van der Waals surface area contributed by atoms with E-state index in [9.17, 15) is 9.59 Å². The first-order valence-corrected chi connectivity index (χ1v) is 5.34. The summed E-state index contributed by atoms with van der Waals surface area (Å²) in [6, 6.07) is 9.30. The van der Waals surface area contributed by atoms with E-state index in [0.29, 0.717) is 0 Å². The van der Waals surface area contributed by atoms with Crippen LogP contribution in [0.5, 0.6) is 0 Å². The zero-order chi connectivity index (χ0) is 13.4. The Morgan fingerprint density at radius 2 is 1.94 bits per heavy atom. The highest BCUT2D eigenvalue weighted by Gasteiger charge is 2.07. The fourth-order valence-corrected chi connectivity index (χ4v) is 1.08. The number of rotatable bonds is 5. The molecule has 0 aliphatic heterocycles. The molecule has 4 heteroatoms. The molecule has 4 nitrogen and oxygen atoms in total. The summed E-state index contributed by atoms with van der Waals surface area (Å²) >= 11 is 0. The van der Waals surface area contributed by atoms with Crippen molar-refractivity contribution in [2.24, 2.45) is 0 Å². The summed E-state index contributed by atoms with van der Waals surface area (Å²) in [6.07, 6.45) is 2.07. The molecule has 94 valence electrons. The lowest BCUT2D eigenvalue weighted by molar-refractivity contribution is -0.140. The smallest absolute Gasteiger partial charge is 0.337 e. The zero-order valence-electron chi connectivity index (χ0n) is 10.1. The molecule has 0 amide bonds. The van der Waals surface area contributed by atoms with Crippen molar-refractivity contribution in [1.29, 1.82) is 0 Å². The van der Waals surface area contributed by atoms with Crippen molar-refractivity contribution in [3.8, 4) is 0 Å². The Morgan fingerprint density at radius 1 is 1.28 bits per heavy atom. The summed E-state index contributed by atoms with van der Waals surface area (Å²) in [7, 11) is 0. The molecule has 0 heterocycles. The summed E-state index contributed by atoms with van der Waals surface area (Å²) in [5.74, 6) is -1.15. The SMILES string of the molecule is C=CC(=O)OC=C(C)C(=O)OCc1ccccc1. The quantitative estimate of drug-likeness (QED) is 0.454. The topological polar surface area (TPSA) is 52.6 Å². The molecule has 0 aliphatic rings. The predicted molar refractivity (Wildman–Crippen MR) is 66.3 cm³/mol. The van der Waals surface area contributed by atoms with Gasteiger partial charge in [0.2, 0.25) is 0 Å². The fraction of sp³-hybridized carbons (Fsp3) is 0.143. The van der Waals surface area contributed by atoms with Gasteiger partial charge in [0.1, 0.15) is 12.9 Å². The van der Waals surface area contributed by atoms with Gasteiger partial charge in [0.05, 0.1) is 5.57 Å². The summed E-state index contributed by atoms with van der Waals surface area (Å²) < 4.78 is 9.64. The van der Waals surface area contributed by atoms with Gasteiger partial charge in [-0.3, -0.25) is 0 Å². The Morgan fingerprint density at radius 3 is 2.56 bits per heavy atom. The van der Waals surface area contributed by atoms with E-state index in [-0.39, 0.29) is 12.2 Å². The third-order valence-corrected chi connectivity index (χ3v) is 2.05. The number of carbonyl (C=O) groups excluding carboxylic acids is 2. The summed E-state index contributed by atoms with van der Waals surface area (Å²) in [4.78, 5) is 22.3. The van der Waals surface area contributed by atoms with Gasteiger partial charge in [-0.2, -0.15) is 0 Å². The first-order chi connectivity index (χ1) is 8.63. The minimum Gasteiger partial charge on any atom is -0.457 e. The lowest BCUT2D eigenvalue weighted by Gasteiger charge is -2.04. The van der Waals surface area contributed by atoms with E-state index in [1.807, 2.05) is 30.3 Å². The highest BCUT2D eigenvalue weighted by Crippen LogP contribution is 2.04. The van der Waals surface area contributed by atoms with Crippen molar-refractivity contribution >= 4 is 11.9 Å². The number of carbonyl (C=O) groups is 2. The van der Waals surface area contributed by atoms with Crippen LogP contribution in [0.3, 0.4) is 0 Å². The molecule has 0 aromatic heterocycles. The lowest BCUT2D eigenvalue weighted by Crippen LogP contribution is -2.07. The molecular formula is C14H14O4. The fourth-order valence-electron chi connectivity index (χ4n) is 1.08. The molecule has 0 aliphatic carbocycles. The van der Waals surface area contributed by atoms with Crippen molar-refractivity contribution < 1.29 is 19.1 Å². The molecule has 0 atom stereocenters. The minimum absolute atomic E-state index is 0.181. The van der Waals surface area contributed by atoms with E-state index in [1.165, 1.54) is 6.92 Å². The van der Waals surface area contributed by atoms with Crippen molar-refractivity contribution in [3.05, 3.63) is 60.4 Å². The Hall–Kier alpha value is -2.36. The standard InChI is InChI=1S/C14H14O4/c1-3-13(15)17-9-11(2)14(16)18-10-12-7-5-4-6-8-12/h3-9H,1,10H2,2H3. The second kappa shape index (κ2) is 7.06. The molecule has 1 aromatic rings. The molecule has 0 spiro atoms. The molecule has 18 heavy (non-hydrogen) atoms. The van der Waals surface area contributed by atoms with Gasteiger partial charge in [0.15, 0.2) is 0 Å². The van der Waals surface area contributed by atoms with Crippen molar-refractivity contribution in [2.45, 2.75) is 13.5 Å². The monoisotopic (exact) mass is 246 g/mol. The molecule has 0 saturated carbocycles. The summed E-state index contributed by atoms with van der Waals surface area (Å²) in [5.41, 5.74) is 1.10. The maximum atomic E-state index is 11.5. The van der Waals surface area contributed by atoms with E-state index < -0.39 is 11.9 Å². The van der Waals surface area contributed by atoms with Crippen LogP contribution in [0, 0.1) is 0 Å². The second-order valence-electron chi connectivity index (χ2n) is 3.50. The van der Waals surface area contributed by atoms with Gasteiger partial charge in [-0.05, 0) is 12.5 Å². The molecule has 0 saturated heterocycles. The van der Waals surface area contributed by atoms with Gasteiger partial charge in [-0.1, -0.05) is 36.9 Å². The molecular weight excluding hydrogens is 232 g/mol. The van der Waals surface area contributed by atoms with Crippen LogP contribution in [-0.2, 0) is 25.7 Å². The van der Waals surface area contributed by atoms with Crippen molar-refractivity contribution in [1.82, 2.24) is 0 Å². The molecule has 0 unspecified atom stereocenters. The minimum atomic E-state index is -0.620. The Labute approximate surface area is 106 Å². The van der Waals surface area contributed by atoms with Crippen molar-refractivity contribution in [2.75, 3.05) is 0 Å². The number of esters is 2. The highest BCUT2D eigenvalue weighted by molar-refractivity contribution is 5.88. The Kier molecular flexibility index (Phi) is 5.38. The van der Waals surface area contributed by atoms with Crippen LogP contribution in [0.25, 0.3) is 0 Å². The average molecular weight is 246 g/mol. The first-order valence-electron chi connectivity index (χ1n) is 5.34. The van der Waals surface area contributed by atoms with Crippen molar-refractivity contribution in [3.63, 3.8) is 0 Å². The third kappa shape index (κ3) is 4.65. The molecule has 0 radical (unpaired) electrons. The number of ether oxygens (including phenoxy) is 2. The van der Waals surface area contributed by atoms with Gasteiger partial charge in [0, 0.05) is 6.08 Å². The maximum Gasteiger partial charge on any atom is 0.337 e. The Balaban J connectivity index is 2.45. The van der Waals surface area contributed by atoms with Crippen LogP contribution < -0.4 is 0 Å². The van der Waals surface area contributed by atoms with Gasteiger partial charge in [-0.25, -0.2) is 9.59 Å². The molecule has 0 N–H and O–H groups in total. The zero-order valence-corrected chi connectivity index (χ0v) is 10.1. The van der Waals surface area contributed by atoms with E-state index >= 15 is 0 Å². The largest absolute Gasteiger partial charge is 0.457 e. The number of hydrogen-bond donors (Lipinski definition) is 0. The first kappa shape index (κ1) is 13.7. The normalized spacial score (nSPS) is 10.6. The maximum absolute atomic E-state index is 11.5. The Bertz CT molecular complexity index is 460. The van der Waals surface area contributed by atoms with E-state index in [4.69, 9.17) is 4.74 Å². The number of hydrogen-bond acceptors (Lipinski definition) is 4. The van der Waals surface area contributed by atoms with Crippen LogP contribution >= 0.6 is 0 Å². The van der Waals surface area contributed by atoms with Crippen LogP contribution in [0.4, 0.5) is 0 Å². The molecule has 0 fully saturated rings. The van der Waals surface area contributed by atoms with E-state index in [0.717, 1.165) is 17.9 Å². The van der Waals surface area contributed by atoms with E-state index in [1.54, 1.807) is 0 Å². The molecule has 1 rings (SSSR count). The van der Waals surface area contributed by atoms with Gasteiger partial charge in [-0.15, -0.1) is 0 Å². The van der Waals surface area contributed by atoms with Gasteiger partial charge < -0.3 is 9.47 Å². The summed E-state index contributed by atoms with van der Waals surface area (Å²) in [6.45, 7) is 4.92. The highest BCUT2D eigenvalue weighted by atomic mass is 16.5. The van der Waals surface area contributed by atoms with E-state index in [2.05, 4.69) is 11.3 Å². The van der Waals surface area contributed by atoms with Gasteiger partial charge >= 0.3 is 11.9 Å². The third-order valence-electron chi connectivity index (χ3n) is 2.05. The van der Waals surface area contributed by atoms with Crippen LogP contribution in [0.15, 0.2) is 54.8 Å². The average Bonchev–Trinajstić information content (AvgIpc) is 2.42. The number of benzene rings is 1. The molecule has 0 bridgehead atoms. The second-order valence-corrected chi connectivity index (χ2v) is 3.50. The van der Waals surface area contributed by atoms with Crippen LogP contribution in [0.1, 0.15) is 12.5 Å². The van der Waals surface area contributed by atoms with Crippen LogP contribution in [0.2, 0.25) is 0 Å². The van der Waals surface area contributed by atoms with Crippen LogP contribution in [-0.4, -0.2) is 11.9 Å². The summed E-state index contributed by atoms with van der Waals surface area (Å²) in [5, 5.41) is 0. The molecule has 1 aromatic carbocycles. The predicted octanol–water partition coefficient (Wildman–Crippen LogP) is 2.36.